The minimum atomic E-state index is -0.407. The van der Waals surface area contributed by atoms with Gasteiger partial charge >= 0.3 is 0 Å². The van der Waals surface area contributed by atoms with E-state index in [1.807, 2.05) is 13.8 Å². The minimum Gasteiger partial charge on any atom is -0.510 e. The number of aliphatic hydroxyl groups is 2. The van der Waals surface area contributed by atoms with Crippen molar-refractivity contribution in [3.05, 3.63) is 24.7 Å². The SMILES string of the molecule is C=C(O)C(CCC)OC(CCC)C(=C)O. The van der Waals surface area contributed by atoms with E-state index >= 15 is 0 Å². The first kappa shape index (κ1) is 14.0. The van der Waals surface area contributed by atoms with E-state index in [4.69, 9.17) is 4.74 Å². The quantitative estimate of drug-likeness (QED) is 0.608. The molecule has 2 N–H and O–H groups in total. The second kappa shape index (κ2) is 7.35. The molecule has 3 heteroatoms. The molecule has 0 spiro atoms. The van der Waals surface area contributed by atoms with E-state index < -0.39 is 12.2 Å². The first-order chi connectivity index (χ1) is 7.02. The number of hydrogen-bond acceptors (Lipinski definition) is 3. The van der Waals surface area contributed by atoms with Crippen molar-refractivity contribution in [2.24, 2.45) is 0 Å². The van der Waals surface area contributed by atoms with Gasteiger partial charge in [-0.2, -0.15) is 0 Å². The van der Waals surface area contributed by atoms with Gasteiger partial charge in [0.25, 0.3) is 0 Å². The van der Waals surface area contributed by atoms with Crippen LogP contribution in [-0.2, 0) is 4.74 Å². The molecule has 0 aromatic heterocycles. The van der Waals surface area contributed by atoms with Crippen LogP contribution in [0.15, 0.2) is 24.7 Å². The minimum absolute atomic E-state index is 0.0132. The van der Waals surface area contributed by atoms with Gasteiger partial charge in [0.15, 0.2) is 0 Å². The van der Waals surface area contributed by atoms with Crippen LogP contribution in [0.5, 0.6) is 0 Å². The molecule has 0 bridgehead atoms. The number of aliphatic hydroxyl groups excluding tert-OH is 2. The largest absolute Gasteiger partial charge is 0.510 e. The average molecular weight is 214 g/mol. The second-order valence-corrected chi connectivity index (χ2v) is 3.67. The van der Waals surface area contributed by atoms with Crippen molar-refractivity contribution in [2.45, 2.75) is 51.7 Å². The van der Waals surface area contributed by atoms with Gasteiger partial charge in [0.05, 0.1) is 0 Å². The zero-order valence-corrected chi connectivity index (χ0v) is 9.70. The third-order valence-electron chi connectivity index (χ3n) is 2.17. The molecule has 0 heterocycles. The van der Waals surface area contributed by atoms with Crippen LogP contribution in [0.4, 0.5) is 0 Å². The summed E-state index contributed by atoms with van der Waals surface area (Å²) in [6.07, 6.45) is 2.36. The first-order valence-corrected chi connectivity index (χ1v) is 5.43. The molecule has 0 fully saturated rings. The van der Waals surface area contributed by atoms with Crippen LogP contribution in [0, 0.1) is 0 Å². The molecule has 0 rings (SSSR count). The summed E-state index contributed by atoms with van der Waals surface area (Å²) in [7, 11) is 0. The molecule has 3 nitrogen and oxygen atoms in total. The first-order valence-electron chi connectivity index (χ1n) is 5.43. The maximum absolute atomic E-state index is 9.31. The number of hydrogen-bond donors (Lipinski definition) is 2. The highest BCUT2D eigenvalue weighted by Gasteiger charge is 2.19. The molecule has 0 aliphatic rings. The van der Waals surface area contributed by atoms with E-state index in [0.29, 0.717) is 12.8 Å². The smallest absolute Gasteiger partial charge is 0.115 e. The Labute approximate surface area is 92.1 Å². The van der Waals surface area contributed by atoms with Crippen LogP contribution >= 0.6 is 0 Å². The predicted molar refractivity (Wildman–Crippen MR) is 62.0 cm³/mol. The van der Waals surface area contributed by atoms with E-state index in [1.54, 1.807) is 0 Å². The molecule has 0 aliphatic heterocycles. The molecule has 2 atom stereocenters. The second-order valence-electron chi connectivity index (χ2n) is 3.67. The van der Waals surface area contributed by atoms with Crippen LogP contribution in [0.1, 0.15) is 39.5 Å². The Morgan fingerprint density at radius 1 is 1.00 bits per heavy atom. The maximum atomic E-state index is 9.31. The molecular weight excluding hydrogens is 192 g/mol. The van der Waals surface area contributed by atoms with E-state index in [0.717, 1.165) is 12.8 Å². The third-order valence-corrected chi connectivity index (χ3v) is 2.17. The molecule has 0 amide bonds. The van der Waals surface area contributed by atoms with Gasteiger partial charge in [0.1, 0.15) is 23.7 Å². The normalized spacial score (nSPS) is 14.5. The molecule has 15 heavy (non-hydrogen) atoms. The Balaban J connectivity index is 4.32. The molecule has 0 saturated heterocycles. The number of ether oxygens (including phenoxy) is 1. The molecule has 0 radical (unpaired) electrons. The van der Waals surface area contributed by atoms with Gasteiger partial charge in [0, 0.05) is 0 Å². The van der Waals surface area contributed by atoms with Crippen molar-refractivity contribution in [2.75, 3.05) is 0 Å². The van der Waals surface area contributed by atoms with E-state index in [9.17, 15) is 10.2 Å². The molecule has 0 aromatic rings. The summed E-state index contributed by atoms with van der Waals surface area (Å²) in [5, 5.41) is 18.6. The summed E-state index contributed by atoms with van der Waals surface area (Å²) in [4.78, 5) is 0. The predicted octanol–water partition coefficient (Wildman–Crippen LogP) is 3.48. The highest BCUT2D eigenvalue weighted by atomic mass is 16.5. The monoisotopic (exact) mass is 214 g/mol. The molecule has 0 aromatic carbocycles. The summed E-state index contributed by atoms with van der Waals surface area (Å²) >= 11 is 0. The standard InChI is InChI=1S/C12H22O3/c1-5-7-11(9(3)13)15-12(8-6-2)10(4)14/h11-14H,3-8H2,1-2H3. The van der Waals surface area contributed by atoms with Crippen LogP contribution in [0.25, 0.3) is 0 Å². The zero-order valence-electron chi connectivity index (χ0n) is 9.70. The average Bonchev–Trinajstić information content (AvgIpc) is 2.15. The fourth-order valence-electron chi connectivity index (χ4n) is 1.35. The van der Waals surface area contributed by atoms with Crippen LogP contribution in [0.2, 0.25) is 0 Å². The van der Waals surface area contributed by atoms with Crippen molar-refractivity contribution >= 4 is 0 Å². The van der Waals surface area contributed by atoms with Crippen molar-refractivity contribution in [3.63, 3.8) is 0 Å². The summed E-state index contributed by atoms with van der Waals surface area (Å²) in [5.41, 5.74) is 0. The number of rotatable bonds is 8. The Hall–Kier alpha value is -0.960. The Bertz CT molecular complexity index is 189. The lowest BCUT2D eigenvalue weighted by atomic mass is 10.1. The Morgan fingerprint density at radius 3 is 1.53 bits per heavy atom. The van der Waals surface area contributed by atoms with E-state index in [2.05, 4.69) is 13.2 Å². The Morgan fingerprint density at radius 2 is 1.33 bits per heavy atom. The molecule has 2 unspecified atom stereocenters. The van der Waals surface area contributed by atoms with E-state index in [1.165, 1.54) is 0 Å². The van der Waals surface area contributed by atoms with Gasteiger partial charge in [-0.1, -0.05) is 39.8 Å². The van der Waals surface area contributed by atoms with Crippen molar-refractivity contribution in [1.82, 2.24) is 0 Å². The fourth-order valence-corrected chi connectivity index (χ4v) is 1.35. The lowest BCUT2D eigenvalue weighted by Gasteiger charge is -2.23. The summed E-state index contributed by atoms with van der Waals surface area (Å²) in [6.45, 7) is 10.9. The highest BCUT2D eigenvalue weighted by Crippen LogP contribution is 2.17. The van der Waals surface area contributed by atoms with Gasteiger partial charge in [0.2, 0.25) is 0 Å². The Kier molecular flexibility index (Phi) is 6.88. The maximum Gasteiger partial charge on any atom is 0.115 e. The summed E-state index contributed by atoms with van der Waals surface area (Å²) < 4.78 is 5.56. The summed E-state index contributed by atoms with van der Waals surface area (Å²) in [5.74, 6) is 0.0263. The van der Waals surface area contributed by atoms with Gasteiger partial charge < -0.3 is 14.9 Å². The van der Waals surface area contributed by atoms with Gasteiger partial charge in [-0.05, 0) is 12.8 Å². The molecule has 88 valence electrons. The lowest BCUT2D eigenvalue weighted by molar-refractivity contribution is -0.0190. The molecular formula is C12H22O3. The van der Waals surface area contributed by atoms with Crippen LogP contribution in [-0.4, -0.2) is 22.4 Å². The zero-order chi connectivity index (χ0) is 11.8. The van der Waals surface area contributed by atoms with Gasteiger partial charge in [-0.3, -0.25) is 0 Å². The van der Waals surface area contributed by atoms with E-state index in [-0.39, 0.29) is 11.5 Å². The van der Waals surface area contributed by atoms with Gasteiger partial charge in [-0.25, -0.2) is 0 Å². The topological polar surface area (TPSA) is 49.7 Å². The molecule has 0 aliphatic carbocycles. The summed E-state index contributed by atoms with van der Waals surface area (Å²) in [6, 6.07) is 0. The lowest BCUT2D eigenvalue weighted by Crippen LogP contribution is -2.25. The van der Waals surface area contributed by atoms with Crippen LogP contribution < -0.4 is 0 Å². The van der Waals surface area contributed by atoms with Crippen molar-refractivity contribution in [3.8, 4) is 0 Å². The molecule has 0 saturated carbocycles. The van der Waals surface area contributed by atoms with Crippen molar-refractivity contribution in [1.29, 1.82) is 0 Å². The fraction of sp³-hybridized carbons (Fsp3) is 0.667. The van der Waals surface area contributed by atoms with Gasteiger partial charge in [-0.15, -0.1) is 0 Å². The van der Waals surface area contributed by atoms with Crippen molar-refractivity contribution < 1.29 is 14.9 Å². The van der Waals surface area contributed by atoms with Crippen LogP contribution in [0.3, 0.4) is 0 Å². The highest BCUT2D eigenvalue weighted by molar-refractivity contribution is 4.95. The third kappa shape index (κ3) is 5.47.